The van der Waals surface area contributed by atoms with Crippen LogP contribution in [-0.4, -0.2) is 35.6 Å². The largest absolute Gasteiger partial charge is 0.384 e. The van der Waals surface area contributed by atoms with Crippen LogP contribution in [0.25, 0.3) is 11.2 Å². The first-order valence-electron chi connectivity index (χ1n) is 8.10. The second-order valence-corrected chi connectivity index (χ2v) is 7.24. The Bertz CT molecular complexity index is 1150. The number of H-pyrrole nitrogens is 1. The highest BCUT2D eigenvalue weighted by Gasteiger charge is 2.21. The number of hydrogen-bond acceptors (Lipinski definition) is 7. The number of aromatic amines is 1. The van der Waals surface area contributed by atoms with E-state index in [1.807, 2.05) is 6.92 Å². The molecule has 3 aromatic rings. The van der Waals surface area contributed by atoms with Crippen LogP contribution in [0.3, 0.4) is 0 Å². The Labute approximate surface area is 162 Å². The van der Waals surface area contributed by atoms with Crippen molar-refractivity contribution in [1.29, 1.82) is 0 Å². The SMILES string of the molecule is CCCn1c(N)c(C(=O)CSc2nc3ncc(Cl)cc3[nH]2)c(=O)n(C)c1=O. The highest BCUT2D eigenvalue weighted by Crippen LogP contribution is 2.21. The monoisotopic (exact) mass is 408 g/mol. The number of fused-ring (bicyclic) bond motifs is 1. The molecule has 0 aromatic carbocycles. The number of rotatable bonds is 6. The van der Waals surface area contributed by atoms with Crippen LogP contribution in [-0.2, 0) is 13.6 Å². The molecule has 0 atom stereocenters. The van der Waals surface area contributed by atoms with Gasteiger partial charge in [-0.3, -0.25) is 18.7 Å². The Hall–Kier alpha value is -2.59. The minimum Gasteiger partial charge on any atom is -0.384 e. The first kappa shape index (κ1) is 19.2. The van der Waals surface area contributed by atoms with E-state index in [4.69, 9.17) is 17.3 Å². The van der Waals surface area contributed by atoms with E-state index in [2.05, 4.69) is 15.0 Å². The maximum Gasteiger partial charge on any atom is 0.332 e. The molecule has 0 aliphatic heterocycles. The third-order valence-electron chi connectivity index (χ3n) is 3.93. The van der Waals surface area contributed by atoms with E-state index in [9.17, 15) is 14.4 Å². The number of carbonyl (C=O) groups excluding carboxylic acids is 1. The van der Waals surface area contributed by atoms with Gasteiger partial charge in [0.25, 0.3) is 5.56 Å². The van der Waals surface area contributed by atoms with Crippen molar-refractivity contribution in [1.82, 2.24) is 24.1 Å². The number of nitrogens with one attached hydrogen (secondary N) is 1. The van der Waals surface area contributed by atoms with E-state index in [-0.39, 0.29) is 17.1 Å². The standard InChI is InChI=1S/C16H17ClN6O3S/c1-3-4-23-12(18)11(14(25)22(2)16(23)26)10(24)7-27-15-20-9-5-8(17)6-19-13(9)21-15/h5-6H,3-4,7,18H2,1-2H3,(H,19,20,21). The Morgan fingerprint density at radius 3 is 2.85 bits per heavy atom. The van der Waals surface area contributed by atoms with E-state index in [1.54, 1.807) is 6.07 Å². The molecule has 0 saturated carbocycles. The van der Waals surface area contributed by atoms with Gasteiger partial charge < -0.3 is 10.7 Å². The molecule has 0 aliphatic carbocycles. The number of anilines is 1. The fourth-order valence-electron chi connectivity index (χ4n) is 2.61. The zero-order chi connectivity index (χ0) is 19.7. The summed E-state index contributed by atoms with van der Waals surface area (Å²) in [6.45, 7) is 2.19. The zero-order valence-corrected chi connectivity index (χ0v) is 16.2. The summed E-state index contributed by atoms with van der Waals surface area (Å²) in [6, 6.07) is 1.68. The van der Waals surface area contributed by atoms with Crippen molar-refractivity contribution in [2.24, 2.45) is 7.05 Å². The summed E-state index contributed by atoms with van der Waals surface area (Å²) in [6.07, 6.45) is 2.12. The molecule has 0 fully saturated rings. The molecule has 3 N–H and O–H groups in total. The van der Waals surface area contributed by atoms with E-state index >= 15 is 0 Å². The average Bonchev–Trinajstić information content (AvgIpc) is 3.04. The Morgan fingerprint density at radius 1 is 1.41 bits per heavy atom. The number of Topliss-reactive ketones (excluding diaryl/α,β-unsaturated/α-hetero) is 1. The molecule has 142 valence electrons. The van der Waals surface area contributed by atoms with Gasteiger partial charge in [0.2, 0.25) is 0 Å². The summed E-state index contributed by atoms with van der Waals surface area (Å²) in [5, 5.41) is 0.929. The third-order valence-corrected chi connectivity index (χ3v) is 5.01. The summed E-state index contributed by atoms with van der Waals surface area (Å²) in [5.74, 6) is -0.653. The number of pyridine rings is 1. The van der Waals surface area contributed by atoms with Gasteiger partial charge in [0.15, 0.2) is 16.6 Å². The van der Waals surface area contributed by atoms with Gasteiger partial charge in [-0.05, 0) is 12.5 Å². The average molecular weight is 409 g/mol. The lowest BCUT2D eigenvalue weighted by Crippen LogP contribution is -2.42. The number of imidazole rings is 1. The van der Waals surface area contributed by atoms with Crippen molar-refractivity contribution in [3.63, 3.8) is 0 Å². The zero-order valence-electron chi connectivity index (χ0n) is 14.7. The van der Waals surface area contributed by atoms with Gasteiger partial charge in [-0.25, -0.2) is 14.8 Å². The van der Waals surface area contributed by atoms with Crippen molar-refractivity contribution in [2.45, 2.75) is 25.0 Å². The van der Waals surface area contributed by atoms with Crippen molar-refractivity contribution in [3.8, 4) is 0 Å². The van der Waals surface area contributed by atoms with Gasteiger partial charge in [-0.1, -0.05) is 30.3 Å². The summed E-state index contributed by atoms with van der Waals surface area (Å²) in [4.78, 5) is 48.6. The van der Waals surface area contributed by atoms with Gasteiger partial charge in [-0.15, -0.1) is 0 Å². The van der Waals surface area contributed by atoms with E-state index in [0.29, 0.717) is 34.3 Å². The third kappa shape index (κ3) is 3.62. The minimum atomic E-state index is -0.700. The highest BCUT2D eigenvalue weighted by atomic mass is 35.5. The minimum absolute atomic E-state index is 0.0721. The second kappa shape index (κ2) is 7.57. The molecule has 11 heteroatoms. The normalized spacial score (nSPS) is 11.2. The van der Waals surface area contributed by atoms with E-state index in [0.717, 1.165) is 16.3 Å². The van der Waals surface area contributed by atoms with Crippen LogP contribution in [0.2, 0.25) is 5.02 Å². The molecule has 9 nitrogen and oxygen atoms in total. The van der Waals surface area contributed by atoms with Crippen molar-refractivity contribution in [3.05, 3.63) is 43.7 Å². The summed E-state index contributed by atoms with van der Waals surface area (Å²) in [5.41, 5.74) is 5.65. The van der Waals surface area contributed by atoms with Crippen LogP contribution in [0.5, 0.6) is 0 Å². The topological polar surface area (TPSA) is 129 Å². The first-order chi connectivity index (χ1) is 12.8. The molecule has 0 aliphatic rings. The lowest BCUT2D eigenvalue weighted by molar-refractivity contribution is 0.102. The Morgan fingerprint density at radius 2 is 2.15 bits per heavy atom. The van der Waals surface area contributed by atoms with Crippen molar-refractivity contribution in [2.75, 3.05) is 11.5 Å². The molecule has 0 spiro atoms. The van der Waals surface area contributed by atoms with Crippen LogP contribution in [0, 0.1) is 0 Å². The van der Waals surface area contributed by atoms with Gasteiger partial charge in [0.1, 0.15) is 11.4 Å². The summed E-state index contributed by atoms with van der Waals surface area (Å²) in [7, 11) is 1.33. The number of nitrogens with zero attached hydrogens (tertiary/aromatic N) is 4. The van der Waals surface area contributed by atoms with Crippen LogP contribution in [0.4, 0.5) is 5.82 Å². The number of aromatic nitrogens is 5. The lowest BCUT2D eigenvalue weighted by atomic mass is 10.2. The molecule has 0 saturated heterocycles. The van der Waals surface area contributed by atoms with Crippen LogP contribution in [0.1, 0.15) is 23.7 Å². The van der Waals surface area contributed by atoms with Crippen molar-refractivity contribution >= 4 is 46.1 Å². The van der Waals surface area contributed by atoms with E-state index < -0.39 is 17.0 Å². The molecule has 0 unspecified atom stereocenters. The Kier molecular flexibility index (Phi) is 5.38. The van der Waals surface area contributed by atoms with Gasteiger partial charge in [0.05, 0.1) is 16.3 Å². The summed E-state index contributed by atoms with van der Waals surface area (Å²) < 4.78 is 2.14. The predicted molar refractivity (Wildman–Crippen MR) is 105 cm³/mol. The van der Waals surface area contributed by atoms with Crippen molar-refractivity contribution < 1.29 is 4.79 Å². The molecule has 0 bridgehead atoms. The molecule has 3 heterocycles. The number of halogens is 1. The lowest BCUT2D eigenvalue weighted by Gasteiger charge is -2.13. The van der Waals surface area contributed by atoms with Crippen LogP contribution >= 0.6 is 23.4 Å². The maximum atomic E-state index is 12.6. The van der Waals surface area contributed by atoms with Crippen LogP contribution in [0.15, 0.2) is 27.0 Å². The molecule has 3 rings (SSSR count). The number of ketones is 1. The van der Waals surface area contributed by atoms with Gasteiger partial charge in [-0.2, -0.15) is 0 Å². The molecule has 3 aromatic heterocycles. The van der Waals surface area contributed by atoms with Crippen LogP contribution < -0.4 is 17.0 Å². The molecular formula is C16H17ClN6O3S. The molecule has 0 radical (unpaired) electrons. The number of thioether (sulfide) groups is 1. The fraction of sp³-hybridized carbons (Fsp3) is 0.312. The smallest absolute Gasteiger partial charge is 0.332 e. The number of carbonyl (C=O) groups is 1. The first-order valence-corrected chi connectivity index (χ1v) is 9.46. The second-order valence-electron chi connectivity index (χ2n) is 5.84. The van der Waals surface area contributed by atoms with Gasteiger partial charge >= 0.3 is 5.69 Å². The fourth-order valence-corrected chi connectivity index (χ4v) is 3.52. The quantitative estimate of drug-likeness (QED) is 0.466. The molecule has 27 heavy (non-hydrogen) atoms. The van der Waals surface area contributed by atoms with E-state index in [1.165, 1.54) is 17.8 Å². The highest BCUT2D eigenvalue weighted by molar-refractivity contribution is 7.99. The van der Waals surface area contributed by atoms with Gasteiger partial charge in [0, 0.05) is 19.8 Å². The summed E-state index contributed by atoms with van der Waals surface area (Å²) >= 11 is 7.00. The predicted octanol–water partition coefficient (Wildman–Crippen LogP) is 1.44. The number of nitrogen functional groups attached to an aromatic ring is 1. The number of nitrogens with two attached hydrogens (primary N) is 1. The molecule has 0 amide bonds. The Balaban J connectivity index is 1.89. The maximum absolute atomic E-state index is 12.6. The number of hydrogen-bond donors (Lipinski definition) is 2. The molecular weight excluding hydrogens is 392 g/mol.